The van der Waals surface area contributed by atoms with Crippen molar-refractivity contribution in [1.82, 2.24) is 9.55 Å². The molecule has 0 saturated heterocycles. The summed E-state index contributed by atoms with van der Waals surface area (Å²) >= 11 is 0. The molecule has 2 aromatic heterocycles. The van der Waals surface area contributed by atoms with Crippen molar-refractivity contribution < 1.29 is 9.53 Å². The van der Waals surface area contributed by atoms with Crippen LogP contribution in [0.3, 0.4) is 0 Å². The van der Waals surface area contributed by atoms with E-state index in [9.17, 15) is 9.59 Å². The minimum atomic E-state index is -0.479. The first kappa shape index (κ1) is 15.9. The fraction of sp³-hybridized carbons (Fsp3) is 0.222. The molecule has 6 nitrogen and oxygen atoms in total. The van der Waals surface area contributed by atoms with Gasteiger partial charge in [0.15, 0.2) is 0 Å². The largest absolute Gasteiger partial charge is 0.496 e. The molecule has 0 saturated carbocycles. The van der Waals surface area contributed by atoms with Gasteiger partial charge in [0.2, 0.25) is 0 Å². The number of aryl methyl sites for hydroxylation is 1. The molecule has 0 spiro atoms. The lowest BCUT2D eigenvalue weighted by Gasteiger charge is -2.12. The number of para-hydroxylation sites is 1. The molecule has 3 rings (SSSR count). The van der Waals surface area contributed by atoms with Crippen molar-refractivity contribution in [3.05, 3.63) is 63.2 Å². The molecule has 0 aliphatic heterocycles. The first-order valence-electron chi connectivity index (χ1n) is 7.58. The van der Waals surface area contributed by atoms with Gasteiger partial charge in [0, 0.05) is 22.3 Å². The van der Waals surface area contributed by atoms with Crippen LogP contribution in [0, 0.1) is 13.8 Å². The van der Waals surface area contributed by atoms with E-state index in [1.807, 2.05) is 35.8 Å². The number of nitrogens with zero attached hydrogens (tertiary/aromatic N) is 1. The van der Waals surface area contributed by atoms with Crippen molar-refractivity contribution in [1.29, 1.82) is 0 Å². The molecule has 1 amide bonds. The molecule has 2 heterocycles. The number of aromatic nitrogens is 2. The second-order valence-corrected chi connectivity index (χ2v) is 5.76. The van der Waals surface area contributed by atoms with Crippen LogP contribution in [0.2, 0.25) is 0 Å². The highest BCUT2D eigenvalue weighted by molar-refractivity contribution is 6.07. The maximum absolute atomic E-state index is 12.4. The number of aromatic amines is 1. The van der Waals surface area contributed by atoms with Gasteiger partial charge in [-0.3, -0.25) is 9.59 Å². The van der Waals surface area contributed by atoms with Crippen LogP contribution < -0.4 is 16.0 Å². The third kappa shape index (κ3) is 2.46. The number of carbonyl (C=O) groups excluding carboxylic acids is 1. The Labute approximate surface area is 138 Å². The van der Waals surface area contributed by atoms with E-state index in [4.69, 9.17) is 10.5 Å². The Bertz CT molecular complexity index is 999. The van der Waals surface area contributed by atoms with E-state index < -0.39 is 5.91 Å². The van der Waals surface area contributed by atoms with Crippen LogP contribution in [0.4, 0.5) is 0 Å². The Morgan fingerprint density at radius 3 is 2.67 bits per heavy atom. The number of H-pyrrole nitrogens is 1. The maximum atomic E-state index is 12.4. The number of carbonyl (C=O) groups is 1. The molecule has 124 valence electrons. The number of hydrogen-bond acceptors (Lipinski definition) is 3. The number of fused-ring (bicyclic) bond motifs is 1. The number of benzene rings is 1. The van der Waals surface area contributed by atoms with Crippen molar-refractivity contribution in [3.63, 3.8) is 0 Å². The summed E-state index contributed by atoms with van der Waals surface area (Å²) in [5, 5.41) is 0.782. The molecule has 24 heavy (non-hydrogen) atoms. The van der Waals surface area contributed by atoms with E-state index in [0.29, 0.717) is 23.4 Å². The van der Waals surface area contributed by atoms with E-state index in [1.165, 1.54) is 7.11 Å². The van der Waals surface area contributed by atoms with E-state index in [0.717, 1.165) is 22.3 Å². The number of methoxy groups -OCH3 is 1. The van der Waals surface area contributed by atoms with Crippen LogP contribution in [0.1, 0.15) is 27.3 Å². The molecule has 0 unspecified atom stereocenters. The Morgan fingerprint density at radius 1 is 1.29 bits per heavy atom. The molecule has 0 aliphatic carbocycles. The van der Waals surface area contributed by atoms with Gasteiger partial charge in [-0.15, -0.1) is 0 Å². The minimum absolute atomic E-state index is 0.204. The number of pyridine rings is 1. The second kappa shape index (κ2) is 5.88. The number of primary amides is 1. The van der Waals surface area contributed by atoms with Crippen molar-refractivity contribution in [3.8, 4) is 5.75 Å². The highest BCUT2D eigenvalue weighted by Crippen LogP contribution is 2.27. The summed E-state index contributed by atoms with van der Waals surface area (Å²) in [6.07, 6.45) is 0. The van der Waals surface area contributed by atoms with Gasteiger partial charge in [-0.2, -0.15) is 0 Å². The van der Waals surface area contributed by atoms with E-state index in [1.54, 1.807) is 13.0 Å². The van der Waals surface area contributed by atoms with Gasteiger partial charge in [0.25, 0.3) is 11.5 Å². The molecule has 3 aromatic rings. The van der Waals surface area contributed by atoms with Crippen LogP contribution >= 0.6 is 0 Å². The van der Waals surface area contributed by atoms with Gasteiger partial charge in [-0.1, -0.05) is 18.2 Å². The van der Waals surface area contributed by atoms with Crippen LogP contribution in [0.5, 0.6) is 5.75 Å². The maximum Gasteiger partial charge on any atom is 0.256 e. The van der Waals surface area contributed by atoms with Crippen molar-refractivity contribution >= 4 is 16.8 Å². The zero-order valence-corrected chi connectivity index (χ0v) is 13.8. The fourth-order valence-corrected chi connectivity index (χ4v) is 3.12. The normalized spacial score (nSPS) is 11.0. The number of rotatable bonds is 4. The Balaban J connectivity index is 2.24. The van der Waals surface area contributed by atoms with Crippen LogP contribution in [-0.4, -0.2) is 22.6 Å². The Hall–Kier alpha value is -3.02. The third-order valence-corrected chi connectivity index (χ3v) is 4.24. The number of nitrogens with two attached hydrogens (primary N) is 1. The lowest BCUT2D eigenvalue weighted by molar-refractivity contribution is 0.100. The molecular formula is C18H19N3O3. The summed E-state index contributed by atoms with van der Waals surface area (Å²) in [6.45, 7) is 3.92. The van der Waals surface area contributed by atoms with Gasteiger partial charge in [-0.05, 0) is 26.0 Å². The molecule has 0 atom stereocenters. The number of ether oxygens (including phenoxy) is 1. The predicted octanol–water partition coefficient (Wildman–Crippen LogP) is 2.10. The Kier molecular flexibility index (Phi) is 3.89. The minimum Gasteiger partial charge on any atom is -0.496 e. The van der Waals surface area contributed by atoms with Crippen molar-refractivity contribution in [2.45, 2.75) is 20.4 Å². The van der Waals surface area contributed by atoms with E-state index >= 15 is 0 Å². The smallest absolute Gasteiger partial charge is 0.256 e. The van der Waals surface area contributed by atoms with Gasteiger partial charge < -0.3 is 20.0 Å². The Morgan fingerprint density at radius 2 is 2.00 bits per heavy atom. The molecular weight excluding hydrogens is 306 g/mol. The van der Waals surface area contributed by atoms with Gasteiger partial charge in [0.05, 0.1) is 24.8 Å². The molecule has 0 bridgehead atoms. The zero-order valence-electron chi connectivity index (χ0n) is 13.8. The summed E-state index contributed by atoms with van der Waals surface area (Å²) in [6, 6.07) is 9.30. The molecule has 1 aromatic carbocycles. The fourth-order valence-electron chi connectivity index (χ4n) is 3.12. The average Bonchev–Trinajstić information content (AvgIpc) is 2.81. The van der Waals surface area contributed by atoms with E-state index in [-0.39, 0.29) is 5.56 Å². The standard InChI is InChI=1S/C18H19N3O3/c1-10-8-15(24-3)13(18(23)20-10)9-21-11(2)16(17(19)22)12-6-4-5-7-14(12)21/h4-8H,9H2,1-3H3,(H2,19,22)(H,20,23). The summed E-state index contributed by atoms with van der Waals surface area (Å²) in [7, 11) is 1.53. The predicted molar refractivity (Wildman–Crippen MR) is 92.6 cm³/mol. The third-order valence-electron chi connectivity index (χ3n) is 4.24. The van der Waals surface area contributed by atoms with E-state index in [2.05, 4.69) is 4.98 Å². The highest BCUT2D eigenvalue weighted by atomic mass is 16.5. The van der Waals surface area contributed by atoms with Crippen LogP contribution in [0.25, 0.3) is 10.9 Å². The lowest BCUT2D eigenvalue weighted by Crippen LogP contribution is -2.19. The van der Waals surface area contributed by atoms with Crippen LogP contribution in [-0.2, 0) is 6.54 Å². The monoisotopic (exact) mass is 325 g/mol. The SMILES string of the molecule is COc1cc(C)[nH]c(=O)c1Cn1c(C)c(C(N)=O)c2ccccc21. The molecule has 6 heteroatoms. The average molecular weight is 325 g/mol. The van der Waals surface area contributed by atoms with Gasteiger partial charge in [-0.25, -0.2) is 0 Å². The second-order valence-electron chi connectivity index (χ2n) is 5.76. The quantitative estimate of drug-likeness (QED) is 0.769. The van der Waals surface area contributed by atoms with Crippen molar-refractivity contribution in [2.24, 2.45) is 5.73 Å². The first-order chi connectivity index (χ1) is 11.4. The summed E-state index contributed by atoms with van der Waals surface area (Å²) in [5.41, 5.74) is 8.64. The van der Waals surface area contributed by atoms with Gasteiger partial charge >= 0.3 is 0 Å². The first-order valence-corrected chi connectivity index (χ1v) is 7.58. The molecule has 3 N–H and O–H groups in total. The molecule has 0 fully saturated rings. The molecule has 0 radical (unpaired) electrons. The lowest BCUT2D eigenvalue weighted by atomic mass is 10.1. The number of amides is 1. The number of nitrogens with one attached hydrogen (secondary N) is 1. The van der Waals surface area contributed by atoms with Crippen LogP contribution in [0.15, 0.2) is 35.1 Å². The number of hydrogen-bond donors (Lipinski definition) is 2. The summed E-state index contributed by atoms with van der Waals surface area (Å²) in [4.78, 5) is 27.0. The topological polar surface area (TPSA) is 90.1 Å². The zero-order chi connectivity index (χ0) is 17.4. The summed E-state index contributed by atoms with van der Waals surface area (Å²) < 4.78 is 7.27. The van der Waals surface area contributed by atoms with Gasteiger partial charge in [0.1, 0.15) is 5.75 Å². The van der Waals surface area contributed by atoms with Crippen molar-refractivity contribution in [2.75, 3.05) is 7.11 Å². The highest BCUT2D eigenvalue weighted by Gasteiger charge is 2.19. The molecule has 0 aliphatic rings. The summed E-state index contributed by atoms with van der Waals surface area (Å²) in [5.74, 6) is 0.0429.